The van der Waals surface area contributed by atoms with Crippen LogP contribution in [0.15, 0.2) is 35.4 Å². The summed E-state index contributed by atoms with van der Waals surface area (Å²) in [7, 11) is 3.03. The van der Waals surface area contributed by atoms with Gasteiger partial charge in [-0.15, -0.1) is 15.3 Å². The maximum Gasteiger partial charge on any atom is 0.453 e. The summed E-state index contributed by atoms with van der Waals surface area (Å²) in [6, 6.07) is 7.91. The molecule has 3 aromatic rings. The summed E-state index contributed by atoms with van der Waals surface area (Å²) in [5.74, 6) is 0.0197. The molecule has 26 heavy (non-hydrogen) atoms. The van der Waals surface area contributed by atoms with Crippen molar-refractivity contribution in [1.29, 1.82) is 0 Å². The number of aromatic nitrogens is 4. The van der Waals surface area contributed by atoms with Gasteiger partial charge in [0.25, 0.3) is 5.82 Å². The molecular weight excluding hydrogens is 353 g/mol. The van der Waals surface area contributed by atoms with E-state index in [0.29, 0.717) is 21.6 Å². The zero-order valence-corrected chi connectivity index (χ0v) is 13.7. The molecule has 0 saturated heterocycles. The van der Waals surface area contributed by atoms with Gasteiger partial charge in [0.1, 0.15) is 11.5 Å². The molecule has 2 heterocycles. The first kappa shape index (κ1) is 17.5. The van der Waals surface area contributed by atoms with Gasteiger partial charge in [0.2, 0.25) is 0 Å². The predicted octanol–water partition coefficient (Wildman–Crippen LogP) is 2.61. The first-order valence-corrected chi connectivity index (χ1v) is 7.23. The van der Waals surface area contributed by atoms with E-state index >= 15 is 0 Å². The predicted molar refractivity (Wildman–Crippen MR) is 86.5 cm³/mol. The summed E-state index contributed by atoms with van der Waals surface area (Å²) in [5.41, 5.74) is 3.18. The smallest absolute Gasteiger partial charge is 0.453 e. The first-order chi connectivity index (χ1) is 12.4. The Kier molecular flexibility index (Phi) is 4.61. The van der Waals surface area contributed by atoms with Gasteiger partial charge in [-0.25, -0.2) is 0 Å². The molecule has 0 saturated carbocycles. The topological polar surface area (TPSA) is 85.9 Å². The molecule has 0 amide bonds. The second kappa shape index (κ2) is 6.86. The van der Waals surface area contributed by atoms with Crippen molar-refractivity contribution < 1.29 is 22.6 Å². The van der Waals surface area contributed by atoms with Gasteiger partial charge in [0.05, 0.1) is 20.4 Å². The van der Waals surface area contributed by atoms with E-state index in [1.807, 2.05) is 0 Å². The lowest BCUT2D eigenvalue weighted by Crippen LogP contribution is -2.13. The number of halogens is 3. The first-order valence-electron chi connectivity index (χ1n) is 7.23. The molecule has 1 N–H and O–H groups in total. The van der Waals surface area contributed by atoms with Gasteiger partial charge < -0.3 is 9.47 Å². The van der Waals surface area contributed by atoms with Crippen LogP contribution >= 0.6 is 0 Å². The molecule has 136 valence electrons. The minimum Gasteiger partial charge on any atom is -0.497 e. The van der Waals surface area contributed by atoms with E-state index in [-0.39, 0.29) is 11.5 Å². The maximum atomic E-state index is 12.9. The summed E-state index contributed by atoms with van der Waals surface area (Å²) >= 11 is 0. The van der Waals surface area contributed by atoms with Crippen molar-refractivity contribution in [3.8, 4) is 11.5 Å². The Balaban J connectivity index is 1.82. The van der Waals surface area contributed by atoms with E-state index in [0.717, 1.165) is 0 Å². The third-order valence-electron chi connectivity index (χ3n) is 3.34. The third kappa shape index (κ3) is 3.50. The van der Waals surface area contributed by atoms with Crippen LogP contribution in [0.3, 0.4) is 0 Å². The zero-order chi connectivity index (χ0) is 18.7. The largest absolute Gasteiger partial charge is 0.497 e. The molecule has 1 aromatic carbocycles. The Morgan fingerprint density at radius 1 is 1.12 bits per heavy atom. The highest BCUT2D eigenvalue weighted by Crippen LogP contribution is 2.27. The third-order valence-corrected chi connectivity index (χ3v) is 3.34. The molecule has 0 spiro atoms. The number of ether oxygens (including phenoxy) is 2. The molecule has 0 radical (unpaired) electrons. The molecule has 0 bridgehead atoms. The maximum absolute atomic E-state index is 12.9. The van der Waals surface area contributed by atoms with Gasteiger partial charge >= 0.3 is 6.18 Å². The Labute approximate surface area is 145 Å². The van der Waals surface area contributed by atoms with Crippen molar-refractivity contribution >= 4 is 17.7 Å². The summed E-state index contributed by atoms with van der Waals surface area (Å²) in [6.45, 7) is 0. The van der Waals surface area contributed by atoms with Gasteiger partial charge in [0.15, 0.2) is 11.5 Å². The van der Waals surface area contributed by atoms with Gasteiger partial charge in [-0.05, 0) is 24.3 Å². The van der Waals surface area contributed by atoms with Crippen molar-refractivity contribution in [2.24, 2.45) is 5.10 Å². The summed E-state index contributed by atoms with van der Waals surface area (Å²) in [6.07, 6.45) is -3.22. The van der Waals surface area contributed by atoms with E-state index in [1.165, 1.54) is 32.6 Å². The molecule has 8 nitrogen and oxygen atoms in total. The monoisotopic (exact) mass is 366 g/mol. The van der Waals surface area contributed by atoms with Crippen LogP contribution < -0.4 is 14.9 Å². The van der Waals surface area contributed by atoms with Crippen molar-refractivity contribution in [2.45, 2.75) is 6.18 Å². The summed E-state index contributed by atoms with van der Waals surface area (Å²) < 4.78 is 49.5. The highest BCUT2D eigenvalue weighted by atomic mass is 19.4. The van der Waals surface area contributed by atoms with Crippen LogP contribution in [0.1, 0.15) is 11.4 Å². The Morgan fingerprint density at radius 3 is 2.62 bits per heavy atom. The number of hydrogen-bond donors (Lipinski definition) is 1. The SMILES string of the molecule is COc1ccc(C=NNc2ccc3nnc(C(F)(F)F)n3n2)c(OC)c1. The van der Waals surface area contributed by atoms with Crippen LogP contribution in [-0.2, 0) is 6.18 Å². The molecular formula is C15H13F3N6O2. The van der Waals surface area contributed by atoms with E-state index in [2.05, 4.69) is 25.8 Å². The fraction of sp³-hybridized carbons (Fsp3) is 0.200. The van der Waals surface area contributed by atoms with E-state index < -0.39 is 12.0 Å². The van der Waals surface area contributed by atoms with Crippen LogP contribution in [0.5, 0.6) is 11.5 Å². The number of nitrogens with zero attached hydrogens (tertiary/aromatic N) is 5. The second-order valence-electron chi connectivity index (χ2n) is 4.99. The zero-order valence-electron chi connectivity index (χ0n) is 13.7. The Morgan fingerprint density at radius 2 is 1.92 bits per heavy atom. The Bertz CT molecular complexity index is 954. The van der Waals surface area contributed by atoms with E-state index in [9.17, 15) is 13.2 Å². The van der Waals surface area contributed by atoms with Crippen LogP contribution in [0.2, 0.25) is 0 Å². The molecule has 0 fully saturated rings. The number of hydrogen-bond acceptors (Lipinski definition) is 7. The highest BCUT2D eigenvalue weighted by molar-refractivity contribution is 5.84. The van der Waals surface area contributed by atoms with Crippen molar-refractivity contribution in [2.75, 3.05) is 19.6 Å². The van der Waals surface area contributed by atoms with Gasteiger partial charge in [-0.1, -0.05) is 0 Å². The molecule has 0 aliphatic rings. The number of fused-ring (bicyclic) bond motifs is 1. The summed E-state index contributed by atoms with van der Waals surface area (Å²) in [5, 5.41) is 14.3. The quantitative estimate of drug-likeness (QED) is 0.552. The molecule has 3 rings (SSSR count). The van der Waals surface area contributed by atoms with Crippen LogP contribution in [0.25, 0.3) is 5.65 Å². The minimum absolute atomic E-state index is 0.0244. The molecule has 2 aromatic heterocycles. The molecule has 0 unspecified atom stereocenters. The minimum atomic E-state index is -4.66. The number of benzene rings is 1. The molecule has 11 heteroatoms. The normalized spacial score (nSPS) is 11.9. The van der Waals surface area contributed by atoms with Crippen molar-refractivity contribution in [1.82, 2.24) is 19.8 Å². The van der Waals surface area contributed by atoms with Crippen LogP contribution in [0, 0.1) is 0 Å². The van der Waals surface area contributed by atoms with Crippen LogP contribution in [-0.4, -0.2) is 40.2 Å². The van der Waals surface area contributed by atoms with Gasteiger partial charge in [-0.2, -0.15) is 22.8 Å². The summed E-state index contributed by atoms with van der Waals surface area (Å²) in [4.78, 5) is 0. The Hall–Kier alpha value is -3.37. The number of hydrazone groups is 1. The molecule has 0 atom stereocenters. The fourth-order valence-corrected chi connectivity index (χ4v) is 2.12. The van der Waals surface area contributed by atoms with Crippen molar-refractivity contribution in [3.05, 3.63) is 41.7 Å². The molecule has 0 aliphatic heterocycles. The van der Waals surface area contributed by atoms with E-state index in [4.69, 9.17) is 9.47 Å². The average Bonchev–Trinajstić information content (AvgIpc) is 3.05. The number of rotatable bonds is 5. The van der Waals surface area contributed by atoms with Gasteiger partial charge in [-0.3, -0.25) is 5.43 Å². The standard InChI is InChI=1S/C15H13F3N6O2/c1-25-10-4-3-9(11(7-10)26-2)8-19-20-12-5-6-13-21-22-14(15(16,17)18)24(13)23-12/h3-8H,1-2H3,(H,20,23). The lowest BCUT2D eigenvalue weighted by molar-refractivity contribution is -0.146. The van der Waals surface area contributed by atoms with Crippen molar-refractivity contribution in [3.63, 3.8) is 0 Å². The number of anilines is 1. The lowest BCUT2D eigenvalue weighted by atomic mass is 10.2. The van der Waals surface area contributed by atoms with Crippen LogP contribution in [0.4, 0.5) is 19.0 Å². The van der Waals surface area contributed by atoms with Gasteiger partial charge in [0, 0.05) is 11.6 Å². The average molecular weight is 366 g/mol. The lowest BCUT2D eigenvalue weighted by Gasteiger charge is -2.07. The highest BCUT2D eigenvalue weighted by Gasteiger charge is 2.37. The van der Waals surface area contributed by atoms with E-state index in [1.54, 1.807) is 18.2 Å². The number of nitrogens with one attached hydrogen (secondary N) is 1. The molecule has 0 aliphatic carbocycles. The number of methoxy groups -OCH3 is 2. The number of alkyl halides is 3. The fourth-order valence-electron chi connectivity index (χ4n) is 2.12. The second-order valence-corrected chi connectivity index (χ2v) is 4.99.